The van der Waals surface area contributed by atoms with Gasteiger partial charge in [-0.1, -0.05) is 0 Å². The molecule has 1 amide bonds. The van der Waals surface area contributed by atoms with E-state index in [0.717, 1.165) is 31.0 Å². The Morgan fingerprint density at radius 2 is 2.25 bits per heavy atom. The molecule has 1 aliphatic rings. The van der Waals surface area contributed by atoms with Gasteiger partial charge >= 0.3 is 0 Å². The van der Waals surface area contributed by atoms with Crippen molar-refractivity contribution < 1.29 is 14.1 Å². The zero-order valence-electron chi connectivity index (χ0n) is 10.7. The second-order valence-corrected chi connectivity index (χ2v) is 5.22. The lowest BCUT2D eigenvalue weighted by molar-refractivity contribution is -0.385. The quantitative estimate of drug-likeness (QED) is 0.488. The topological polar surface area (TPSA) is 63.4 Å². The number of nitrogens with zero attached hydrogens (tertiary/aromatic N) is 2. The first-order valence-corrected chi connectivity index (χ1v) is 6.85. The Balaban J connectivity index is 2.15. The molecule has 0 aliphatic carbocycles. The Morgan fingerprint density at radius 1 is 1.50 bits per heavy atom. The highest BCUT2D eigenvalue weighted by Crippen LogP contribution is 2.23. The second kappa shape index (κ2) is 6.17. The Bertz CT molecular complexity index is 538. The fourth-order valence-corrected chi connectivity index (χ4v) is 2.70. The highest BCUT2D eigenvalue weighted by atomic mass is 35.5. The first kappa shape index (κ1) is 14.7. The van der Waals surface area contributed by atoms with Crippen LogP contribution in [0.15, 0.2) is 18.2 Å². The van der Waals surface area contributed by atoms with Gasteiger partial charge in [0.1, 0.15) is 5.82 Å². The van der Waals surface area contributed by atoms with Crippen LogP contribution in [0, 0.1) is 21.8 Å². The zero-order valence-corrected chi connectivity index (χ0v) is 11.5. The number of non-ortho nitro benzene ring substituents is 1. The molecule has 2 rings (SSSR count). The molecule has 1 aliphatic heterocycles. The molecule has 108 valence electrons. The van der Waals surface area contributed by atoms with Gasteiger partial charge in [0.2, 0.25) is 0 Å². The third-order valence-electron chi connectivity index (χ3n) is 3.43. The van der Waals surface area contributed by atoms with Gasteiger partial charge in [-0.3, -0.25) is 14.9 Å². The fourth-order valence-electron chi connectivity index (χ4n) is 2.39. The van der Waals surface area contributed by atoms with E-state index in [1.165, 1.54) is 0 Å². The number of alkyl halides is 1. The first-order chi connectivity index (χ1) is 9.51. The van der Waals surface area contributed by atoms with Crippen molar-refractivity contribution in [2.75, 3.05) is 19.0 Å². The fraction of sp³-hybridized carbons (Fsp3) is 0.462. The SMILES string of the molecule is O=C(c1cc(F)cc([N+](=O)[O-])c1)N1CCC(CCCl)C1. The van der Waals surface area contributed by atoms with Gasteiger partial charge in [0.25, 0.3) is 11.6 Å². The van der Waals surface area contributed by atoms with Crippen LogP contribution >= 0.6 is 11.6 Å². The standard InChI is InChI=1S/C13H14ClFN2O3/c14-3-1-9-2-4-16(8-9)13(18)10-5-11(15)7-12(6-10)17(19)20/h5-7,9H,1-4,8H2. The molecule has 0 spiro atoms. The number of likely N-dealkylation sites (tertiary alicyclic amines) is 1. The molecule has 1 aromatic rings. The average Bonchev–Trinajstić information content (AvgIpc) is 2.86. The highest BCUT2D eigenvalue weighted by molar-refractivity contribution is 6.17. The number of rotatable bonds is 4. The Kier molecular flexibility index (Phi) is 4.54. The third-order valence-corrected chi connectivity index (χ3v) is 3.65. The lowest BCUT2D eigenvalue weighted by atomic mass is 10.1. The maximum absolute atomic E-state index is 13.3. The molecule has 1 fully saturated rings. The number of carbonyl (C=O) groups is 1. The molecule has 20 heavy (non-hydrogen) atoms. The lowest BCUT2D eigenvalue weighted by Gasteiger charge is -2.16. The van der Waals surface area contributed by atoms with Crippen molar-refractivity contribution in [3.63, 3.8) is 0 Å². The average molecular weight is 301 g/mol. The Hall–Kier alpha value is -1.69. The van der Waals surface area contributed by atoms with Crippen molar-refractivity contribution in [1.29, 1.82) is 0 Å². The molecule has 1 aromatic carbocycles. The van der Waals surface area contributed by atoms with Gasteiger partial charge in [0.05, 0.1) is 11.0 Å². The summed E-state index contributed by atoms with van der Waals surface area (Å²) in [6.45, 7) is 1.14. The predicted octanol–water partition coefficient (Wildman–Crippen LogP) is 2.82. The summed E-state index contributed by atoms with van der Waals surface area (Å²) in [4.78, 5) is 23.8. The van der Waals surface area contributed by atoms with E-state index >= 15 is 0 Å². The molecule has 0 N–H and O–H groups in total. The van der Waals surface area contributed by atoms with Crippen LogP contribution in [0.5, 0.6) is 0 Å². The van der Waals surface area contributed by atoms with Gasteiger partial charge in [-0.25, -0.2) is 4.39 Å². The number of nitro groups is 1. The summed E-state index contributed by atoms with van der Waals surface area (Å²) in [6, 6.07) is 2.95. The number of amides is 1. The summed E-state index contributed by atoms with van der Waals surface area (Å²) in [5, 5.41) is 10.7. The summed E-state index contributed by atoms with van der Waals surface area (Å²) >= 11 is 5.67. The molecule has 1 atom stereocenters. The number of halogens is 2. The molecule has 0 radical (unpaired) electrons. The summed E-state index contributed by atoms with van der Waals surface area (Å²) in [5.74, 6) is -0.262. The van der Waals surface area contributed by atoms with E-state index in [0.29, 0.717) is 24.9 Å². The van der Waals surface area contributed by atoms with Gasteiger partial charge in [-0.05, 0) is 24.8 Å². The van der Waals surface area contributed by atoms with Gasteiger partial charge in [0, 0.05) is 30.6 Å². The van der Waals surface area contributed by atoms with Crippen LogP contribution in [0.1, 0.15) is 23.2 Å². The van der Waals surface area contributed by atoms with Gasteiger partial charge in [0.15, 0.2) is 0 Å². The minimum atomic E-state index is -0.779. The predicted molar refractivity (Wildman–Crippen MR) is 72.4 cm³/mol. The molecular formula is C13H14ClFN2O3. The number of hydrogen-bond donors (Lipinski definition) is 0. The minimum absolute atomic E-state index is 0.0169. The van der Waals surface area contributed by atoms with Crippen molar-refractivity contribution in [2.45, 2.75) is 12.8 Å². The van der Waals surface area contributed by atoms with E-state index in [1.807, 2.05) is 0 Å². The van der Waals surface area contributed by atoms with Gasteiger partial charge in [-0.2, -0.15) is 0 Å². The normalized spacial score (nSPS) is 18.3. The van der Waals surface area contributed by atoms with E-state index in [-0.39, 0.29) is 11.5 Å². The van der Waals surface area contributed by atoms with Crippen LogP contribution in [0.4, 0.5) is 10.1 Å². The summed E-state index contributed by atoms with van der Waals surface area (Å²) < 4.78 is 13.3. The maximum atomic E-state index is 13.3. The van der Waals surface area contributed by atoms with Crippen molar-refractivity contribution in [3.05, 3.63) is 39.7 Å². The van der Waals surface area contributed by atoms with Crippen LogP contribution < -0.4 is 0 Å². The molecule has 7 heteroatoms. The number of benzene rings is 1. The first-order valence-electron chi connectivity index (χ1n) is 6.31. The van der Waals surface area contributed by atoms with Crippen molar-refractivity contribution >= 4 is 23.2 Å². The number of carbonyl (C=O) groups excluding carboxylic acids is 1. The van der Waals surface area contributed by atoms with Gasteiger partial charge in [-0.15, -0.1) is 11.6 Å². The zero-order chi connectivity index (χ0) is 14.7. The highest BCUT2D eigenvalue weighted by Gasteiger charge is 2.27. The van der Waals surface area contributed by atoms with Crippen molar-refractivity contribution in [3.8, 4) is 0 Å². The largest absolute Gasteiger partial charge is 0.338 e. The number of hydrogen-bond acceptors (Lipinski definition) is 3. The molecule has 1 heterocycles. The van der Waals surface area contributed by atoms with Gasteiger partial charge < -0.3 is 4.90 Å². The summed E-state index contributed by atoms with van der Waals surface area (Å²) in [5.41, 5.74) is -0.395. The van der Waals surface area contributed by atoms with Crippen molar-refractivity contribution in [1.82, 2.24) is 4.90 Å². The molecular weight excluding hydrogens is 287 g/mol. The molecule has 5 nitrogen and oxygen atoms in total. The van der Waals surface area contributed by atoms with Crippen LogP contribution in [0.2, 0.25) is 0 Å². The molecule has 0 saturated carbocycles. The summed E-state index contributed by atoms with van der Waals surface area (Å²) in [6.07, 6.45) is 1.69. The Morgan fingerprint density at radius 3 is 2.90 bits per heavy atom. The van der Waals surface area contributed by atoms with E-state index < -0.39 is 16.4 Å². The van der Waals surface area contributed by atoms with E-state index in [1.54, 1.807) is 4.90 Å². The van der Waals surface area contributed by atoms with Crippen molar-refractivity contribution in [2.24, 2.45) is 5.92 Å². The second-order valence-electron chi connectivity index (χ2n) is 4.84. The van der Waals surface area contributed by atoms with Crippen LogP contribution in [-0.4, -0.2) is 34.7 Å². The lowest BCUT2D eigenvalue weighted by Crippen LogP contribution is -2.28. The molecule has 1 saturated heterocycles. The van der Waals surface area contributed by atoms with E-state index in [4.69, 9.17) is 11.6 Å². The van der Waals surface area contributed by atoms with Crippen LogP contribution in [-0.2, 0) is 0 Å². The van der Waals surface area contributed by atoms with E-state index in [9.17, 15) is 19.3 Å². The molecule has 0 bridgehead atoms. The maximum Gasteiger partial charge on any atom is 0.273 e. The van der Waals surface area contributed by atoms with Crippen LogP contribution in [0.25, 0.3) is 0 Å². The molecule has 0 aromatic heterocycles. The van der Waals surface area contributed by atoms with E-state index in [2.05, 4.69) is 0 Å². The smallest absolute Gasteiger partial charge is 0.273 e. The monoisotopic (exact) mass is 300 g/mol. The summed E-state index contributed by atoms with van der Waals surface area (Å²) in [7, 11) is 0. The Labute approximate surface area is 120 Å². The minimum Gasteiger partial charge on any atom is -0.338 e. The number of nitro benzene ring substituents is 1. The van der Waals surface area contributed by atoms with Crippen LogP contribution in [0.3, 0.4) is 0 Å². The molecule has 1 unspecified atom stereocenters. The third kappa shape index (κ3) is 3.25.